The Balaban J connectivity index is 1.63. The van der Waals surface area contributed by atoms with Crippen molar-refractivity contribution < 1.29 is 14.3 Å². The number of nitrogens with one attached hydrogen (secondary N) is 1. The molecule has 34 heavy (non-hydrogen) atoms. The summed E-state index contributed by atoms with van der Waals surface area (Å²) in [6.45, 7) is 4.11. The van der Waals surface area contributed by atoms with Crippen LogP contribution in [-0.4, -0.2) is 28.7 Å². The number of amides is 1. The number of ether oxygens (including phenoxy) is 1. The van der Waals surface area contributed by atoms with Crippen LogP contribution < -0.4 is 4.90 Å². The summed E-state index contributed by atoms with van der Waals surface area (Å²) in [5.74, 6) is -0.556. The maximum atomic E-state index is 13.6. The fraction of sp³-hybridized carbons (Fsp3) is 0.148. The van der Waals surface area contributed by atoms with Crippen molar-refractivity contribution in [2.45, 2.75) is 19.9 Å². The van der Waals surface area contributed by atoms with Crippen LogP contribution in [0.1, 0.15) is 50.5 Å². The van der Waals surface area contributed by atoms with Gasteiger partial charge in [-0.25, -0.2) is 4.79 Å². The predicted molar refractivity (Wildman–Crippen MR) is 134 cm³/mol. The first-order valence-electron chi connectivity index (χ1n) is 11.0. The molecule has 0 saturated carbocycles. The zero-order valence-corrected chi connectivity index (χ0v) is 20.3. The van der Waals surface area contributed by atoms with Gasteiger partial charge in [-0.3, -0.25) is 14.8 Å². The van der Waals surface area contributed by atoms with Crippen molar-refractivity contribution in [1.29, 1.82) is 0 Å². The van der Waals surface area contributed by atoms with Crippen LogP contribution in [0, 0.1) is 6.92 Å². The number of aromatic nitrogens is 2. The molecule has 6 nitrogen and oxygen atoms in total. The predicted octanol–water partition coefficient (Wildman–Crippen LogP) is 6.07. The molecule has 1 aliphatic heterocycles. The van der Waals surface area contributed by atoms with Gasteiger partial charge in [0.05, 0.1) is 23.9 Å². The zero-order valence-electron chi connectivity index (χ0n) is 18.7. The summed E-state index contributed by atoms with van der Waals surface area (Å²) in [7, 11) is 0. The Bertz CT molecular complexity index is 1360. The molecule has 1 atom stereocenters. The smallest absolute Gasteiger partial charge is 0.338 e. The third kappa shape index (κ3) is 3.82. The van der Waals surface area contributed by atoms with Gasteiger partial charge in [0.2, 0.25) is 0 Å². The first-order valence-corrected chi connectivity index (χ1v) is 11.8. The minimum absolute atomic E-state index is 0.169. The number of nitrogens with zero attached hydrogens (tertiary/aromatic N) is 2. The van der Waals surface area contributed by atoms with Crippen LogP contribution in [0.25, 0.3) is 11.3 Å². The molecule has 0 spiro atoms. The van der Waals surface area contributed by atoms with Crippen LogP contribution in [-0.2, 0) is 4.74 Å². The van der Waals surface area contributed by atoms with Crippen molar-refractivity contribution in [3.05, 3.63) is 105 Å². The highest BCUT2D eigenvalue weighted by atomic mass is 79.9. The third-order valence-corrected chi connectivity index (χ3v) is 6.46. The number of aryl methyl sites for hydroxylation is 1. The summed E-state index contributed by atoms with van der Waals surface area (Å²) in [4.78, 5) is 27.5. The molecule has 0 fully saturated rings. The van der Waals surface area contributed by atoms with Gasteiger partial charge < -0.3 is 4.74 Å². The van der Waals surface area contributed by atoms with Gasteiger partial charge in [0.25, 0.3) is 5.91 Å². The molecule has 4 aromatic rings. The SMILES string of the molecule is CCOC(=O)c1ccc(N2C(=O)c3[nH]nc(-c4ccc(C)cc4)c3[C@@H]2c2ccc(Br)cc2)cc1. The monoisotopic (exact) mass is 515 g/mol. The van der Waals surface area contributed by atoms with Crippen molar-refractivity contribution in [3.63, 3.8) is 0 Å². The Kier molecular flexibility index (Phi) is 5.79. The van der Waals surface area contributed by atoms with Gasteiger partial charge in [-0.15, -0.1) is 0 Å². The number of hydrogen-bond acceptors (Lipinski definition) is 4. The third-order valence-electron chi connectivity index (χ3n) is 5.94. The molecule has 1 amide bonds. The molecule has 1 aromatic heterocycles. The Labute approximate surface area is 205 Å². The lowest BCUT2D eigenvalue weighted by Gasteiger charge is -2.26. The molecule has 0 unspecified atom stereocenters. The highest BCUT2D eigenvalue weighted by Gasteiger charge is 2.43. The van der Waals surface area contributed by atoms with E-state index in [2.05, 4.69) is 26.1 Å². The summed E-state index contributed by atoms with van der Waals surface area (Å²) in [5.41, 5.74) is 6.24. The van der Waals surface area contributed by atoms with Crippen molar-refractivity contribution in [3.8, 4) is 11.3 Å². The lowest BCUT2D eigenvalue weighted by Crippen LogP contribution is -2.29. The molecule has 2 heterocycles. The van der Waals surface area contributed by atoms with Crippen molar-refractivity contribution in [2.75, 3.05) is 11.5 Å². The van der Waals surface area contributed by atoms with E-state index < -0.39 is 0 Å². The number of halogens is 1. The van der Waals surface area contributed by atoms with Crippen molar-refractivity contribution in [2.24, 2.45) is 0 Å². The topological polar surface area (TPSA) is 75.3 Å². The van der Waals surface area contributed by atoms with Crippen LogP contribution in [0.15, 0.2) is 77.3 Å². The summed E-state index contributed by atoms with van der Waals surface area (Å²) in [5, 5.41) is 7.51. The fourth-order valence-corrected chi connectivity index (χ4v) is 4.54. The average molecular weight is 516 g/mol. The minimum Gasteiger partial charge on any atom is -0.462 e. The molecule has 0 radical (unpaired) electrons. The van der Waals surface area contributed by atoms with Gasteiger partial charge in [-0.05, 0) is 55.8 Å². The van der Waals surface area contributed by atoms with Crippen molar-refractivity contribution in [1.82, 2.24) is 10.2 Å². The highest BCUT2D eigenvalue weighted by molar-refractivity contribution is 9.10. The maximum absolute atomic E-state index is 13.6. The molecule has 5 rings (SSSR count). The molecule has 0 bridgehead atoms. The molecule has 170 valence electrons. The van der Waals surface area contributed by atoms with E-state index in [0.29, 0.717) is 23.6 Å². The molecule has 3 aromatic carbocycles. The number of hydrogen-bond donors (Lipinski definition) is 1. The molecule has 1 aliphatic rings. The van der Waals surface area contributed by atoms with Gasteiger partial charge in [-0.1, -0.05) is 57.9 Å². The number of fused-ring (bicyclic) bond motifs is 1. The zero-order chi connectivity index (χ0) is 23.8. The van der Waals surface area contributed by atoms with E-state index in [-0.39, 0.29) is 17.9 Å². The Morgan fingerprint density at radius 2 is 1.71 bits per heavy atom. The number of benzene rings is 3. The number of carbonyl (C=O) groups excluding carboxylic acids is 2. The molecule has 7 heteroatoms. The normalized spacial score (nSPS) is 14.9. The van der Waals surface area contributed by atoms with E-state index in [9.17, 15) is 9.59 Å². The largest absolute Gasteiger partial charge is 0.462 e. The highest BCUT2D eigenvalue weighted by Crippen LogP contribution is 2.45. The fourth-order valence-electron chi connectivity index (χ4n) is 4.28. The number of rotatable bonds is 5. The van der Waals surface area contributed by atoms with Gasteiger partial charge in [0.15, 0.2) is 0 Å². The molecule has 0 aliphatic carbocycles. The Morgan fingerprint density at radius 1 is 1.03 bits per heavy atom. The van der Waals surface area contributed by atoms with Crippen LogP contribution in [0.3, 0.4) is 0 Å². The maximum Gasteiger partial charge on any atom is 0.338 e. The summed E-state index contributed by atoms with van der Waals surface area (Å²) < 4.78 is 6.05. The second kappa shape index (κ2) is 8.91. The van der Waals surface area contributed by atoms with E-state index in [1.54, 1.807) is 36.1 Å². The van der Waals surface area contributed by atoms with E-state index in [4.69, 9.17) is 4.74 Å². The summed E-state index contributed by atoms with van der Waals surface area (Å²) in [6.07, 6.45) is 0. The summed E-state index contributed by atoms with van der Waals surface area (Å²) >= 11 is 3.50. The molecule has 1 N–H and O–H groups in total. The van der Waals surface area contributed by atoms with E-state index in [1.807, 2.05) is 55.5 Å². The lowest BCUT2D eigenvalue weighted by molar-refractivity contribution is 0.0526. The van der Waals surface area contributed by atoms with Crippen molar-refractivity contribution >= 4 is 33.5 Å². The second-order valence-corrected chi connectivity index (χ2v) is 9.04. The molecular formula is C27H22BrN3O3. The molecule has 0 saturated heterocycles. The van der Waals surface area contributed by atoms with E-state index >= 15 is 0 Å². The Hall–Kier alpha value is -3.71. The van der Waals surface area contributed by atoms with Gasteiger partial charge in [-0.2, -0.15) is 5.10 Å². The van der Waals surface area contributed by atoms with Crippen LogP contribution in [0.5, 0.6) is 0 Å². The number of esters is 1. The van der Waals surface area contributed by atoms with Gasteiger partial charge in [0.1, 0.15) is 5.69 Å². The number of carbonyl (C=O) groups is 2. The average Bonchev–Trinajstić information content (AvgIpc) is 3.39. The lowest BCUT2D eigenvalue weighted by atomic mass is 9.95. The standard InChI is InChI=1S/C27H22BrN3O3/c1-3-34-27(33)19-10-14-21(15-11-19)31-25(18-8-12-20(28)13-9-18)22-23(29-30-24(22)26(31)32)17-6-4-16(2)5-7-17/h4-15,25H,3H2,1-2H3,(H,29,30)/t25-/m0/s1. The minimum atomic E-state index is -0.387. The van der Waals surface area contributed by atoms with E-state index in [1.165, 1.54) is 0 Å². The van der Waals surface area contributed by atoms with Gasteiger partial charge >= 0.3 is 5.97 Å². The van der Waals surface area contributed by atoms with E-state index in [0.717, 1.165) is 32.4 Å². The Morgan fingerprint density at radius 3 is 2.35 bits per heavy atom. The van der Waals surface area contributed by atoms with Crippen LogP contribution in [0.2, 0.25) is 0 Å². The second-order valence-electron chi connectivity index (χ2n) is 8.12. The quantitative estimate of drug-likeness (QED) is 0.327. The van der Waals surface area contributed by atoms with Crippen LogP contribution in [0.4, 0.5) is 5.69 Å². The number of aromatic amines is 1. The van der Waals surface area contributed by atoms with Crippen LogP contribution >= 0.6 is 15.9 Å². The first-order chi connectivity index (χ1) is 16.5. The molecular weight excluding hydrogens is 494 g/mol. The summed E-state index contributed by atoms with van der Waals surface area (Å²) in [6, 6.07) is 22.6. The first kappa shape index (κ1) is 22.1. The number of H-pyrrole nitrogens is 1. The van der Waals surface area contributed by atoms with Gasteiger partial charge in [0, 0.05) is 21.3 Å². The number of anilines is 1.